The van der Waals surface area contributed by atoms with Gasteiger partial charge in [0.05, 0.1) is 33.7 Å². The van der Waals surface area contributed by atoms with Crippen LogP contribution < -0.4 is 9.80 Å². The maximum absolute atomic E-state index is 14.1. The number of carbonyl (C=O) groups excluding carboxylic acids is 1. The first-order valence-electron chi connectivity index (χ1n) is 14.6. The lowest BCUT2D eigenvalue weighted by atomic mass is 9.81. The van der Waals surface area contributed by atoms with Crippen LogP contribution in [0, 0.1) is 12.7 Å². The number of likely N-dealkylation sites (N-methyl/N-ethyl adjacent to an activating group) is 1. The Labute approximate surface area is 269 Å². The lowest BCUT2D eigenvalue weighted by molar-refractivity contribution is -0.143. The Balaban J connectivity index is 1.77. The van der Waals surface area contributed by atoms with Crippen molar-refractivity contribution in [2.45, 2.75) is 56.6 Å². The van der Waals surface area contributed by atoms with Crippen LogP contribution in [0.25, 0.3) is 11.1 Å². The fraction of sp³-hybridized carbons (Fsp3) is 0.438. The van der Waals surface area contributed by atoms with E-state index in [1.807, 2.05) is 4.90 Å². The van der Waals surface area contributed by atoms with Crippen LogP contribution in [0.3, 0.4) is 0 Å². The molecule has 0 unspecified atom stereocenters. The monoisotopic (exact) mass is 688 g/mol. The number of amides is 1. The van der Waals surface area contributed by atoms with E-state index in [4.69, 9.17) is 0 Å². The first kappa shape index (κ1) is 36.1. The highest BCUT2D eigenvalue weighted by Gasteiger charge is 2.41. The van der Waals surface area contributed by atoms with Gasteiger partial charge < -0.3 is 9.80 Å². The summed E-state index contributed by atoms with van der Waals surface area (Å²) in [6.07, 6.45) is -8.17. The van der Waals surface area contributed by atoms with Gasteiger partial charge in [-0.05, 0) is 86.7 Å². The van der Waals surface area contributed by atoms with Crippen LogP contribution in [-0.2, 0) is 32.6 Å². The molecule has 1 amide bonds. The SMILES string of the molecule is Cc1cc(F)ccc1-c1cc(N2CCC(S(=O)(=O)N(C)C)CC2)ncc1N(C)C(=O)C(C)(C)c1cc(C(F)(F)F)cc(C(F)(F)F)c1. The van der Waals surface area contributed by atoms with E-state index in [1.165, 1.54) is 63.7 Å². The molecule has 0 spiro atoms. The minimum absolute atomic E-state index is 0.00452. The molecule has 0 N–H and O–H groups in total. The molecule has 4 rings (SSSR count). The number of sulfonamides is 1. The Bertz CT molecular complexity index is 1730. The average Bonchev–Trinajstić information content (AvgIpc) is 2.99. The molecule has 0 radical (unpaired) electrons. The number of pyridine rings is 1. The third-order valence-electron chi connectivity index (χ3n) is 8.55. The van der Waals surface area contributed by atoms with E-state index < -0.39 is 61.5 Å². The Morgan fingerprint density at radius 2 is 1.38 bits per heavy atom. The number of benzene rings is 2. The summed E-state index contributed by atoms with van der Waals surface area (Å²) in [6.45, 7) is 4.82. The molecule has 1 aliphatic rings. The molecule has 1 aromatic heterocycles. The number of aryl methyl sites for hydroxylation is 1. The summed E-state index contributed by atoms with van der Waals surface area (Å²) >= 11 is 0. The molecule has 0 bridgehead atoms. The van der Waals surface area contributed by atoms with Gasteiger partial charge in [0.1, 0.15) is 11.6 Å². The second kappa shape index (κ2) is 12.7. The van der Waals surface area contributed by atoms with Crippen LogP contribution in [-0.4, -0.2) is 63.1 Å². The molecular weight excluding hydrogens is 653 g/mol. The van der Waals surface area contributed by atoms with Crippen molar-refractivity contribution in [3.8, 4) is 11.1 Å². The van der Waals surface area contributed by atoms with Gasteiger partial charge in [0.25, 0.3) is 0 Å². The number of rotatable bonds is 7. The van der Waals surface area contributed by atoms with Gasteiger partial charge in [0.15, 0.2) is 0 Å². The number of nitrogens with zero attached hydrogens (tertiary/aromatic N) is 4. The van der Waals surface area contributed by atoms with Crippen molar-refractivity contribution in [1.82, 2.24) is 9.29 Å². The van der Waals surface area contributed by atoms with Crippen molar-refractivity contribution in [2.75, 3.05) is 44.0 Å². The predicted octanol–water partition coefficient (Wildman–Crippen LogP) is 7.03. The van der Waals surface area contributed by atoms with Gasteiger partial charge in [-0.1, -0.05) is 6.07 Å². The molecule has 0 saturated carbocycles. The van der Waals surface area contributed by atoms with Crippen LogP contribution in [0.2, 0.25) is 0 Å². The summed E-state index contributed by atoms with van der Waals surface area (Å²) in [7, 11) is 0.807. The molecule has 1 saturated heterocycles. The Morgan fingerprint density at radius 1 is 0.851 bits per heavy atom. The summed E-state index contributed by atoms with van der Waals surface area (Å²) < 4.78 is 122. The average molecular weight is 689 g/mol. The second-order valence-electron chi connectivity index (χ2n) is 12.3. The molecule has 1 aliphatic heterocycles. The van der Waals surface area contributed by atoms with Crippen molar-refractivity contribution in [1.29, 1.82) is 0 Å². The highest BCUT2D eigenvalue weighted by atomic mass is 32.2. The number of aromatic nitrogens is 1. The number of hydrogen-bond donors (Lipinski definition) is 0. The van der Waals surface area contributed by atoms with Gasteiger partial charge in [-0.3, -0.25) is 4.79 Å². The lowest BCUT2D eigenvalue weighted by Gasteiger charge is -2.35. The third kappa shape index (κ3) is 7.40. The van der Waals surface area contributed by atoms with E-state index in [-0.39, 0.29) is 11.8 Å². The van der Waals surface area contributed by atoms with Crippen LogP contribution in [0.4, 0.5) is 42.2 Å². The normalized spacial score (nSPS) is 15.3. The predicted molar refractivity (Wildman–Crippen MR) is 165 cm³/mol. The highest BCUT2D eigenvalue weighted by Crippen LogP contribution is 2.41. The first-order chi connectivity index (χ1) is 21.5. The van der Waals surface area contributed by atoms with Gasteiger partial charge >= 0.3 is 12.4 Å². The molecule has 0 aliphatic carbocycles. The second-order valence-corrected chi connectivity index (χ2v) is 14.7. The maximum Gasteiger partial charge on any atom is 0.416 e. The number of hydrogen-bond acceptors (Lipinski definition) is 5. The molecule has 7 nitrogen and oxygen atoms in total. The molecule has 256 valence electrons. The van der Waals surface area contributed by atoms with Crippen molar-refractivity contribution >= 4 is 27.4 Å². The largest absolute Gasteiger partial charge is 0.416 e. The summed E-state index contributed by atoms with van der Waals surface area (Å²) in [6, 6.07) is 6.72. The number of carbonyl (C=O) groups is 1. The van der Waals surface area contributed by atoms with E-state index in [0.717, 1.165) is 4.90 Å². The lowest BCUT2D eigenvalue weighted by Crippen LogP contribution is -2.43. The van der Waals surface area contributed by atoms with Crippen LogP contribution in [0.15, 0.2) is 48.7 Å². The standard InChI is InChI=1S/C32H35F7N4O3S/c1-19-13-23(33)7-8-25(19)26-17-28(43-11-9-24(10-12-43)47(45,46)41(4)5)40-18-27(26)42(6)29(44)30(2,3)20-14-21(31(34,35)36)16-22(15-20)32(37,38)39/h7-8,13-18,24H,9-12H2,1-6H3. The van der Waals surface area contributed by atoms with Gasteiger partial charge in [-0.25, -0.2) is 22.1 Å². The van der Waals surface area contributed by atoms with Gasteiger partial charge in [-0.15, -0.1) is 0 Å². The minimum Gasteiger partial charge on any atom is -0.357 e. The summed E-state index contributed by atoms with van der Waals surface area (Å²) in [4.78, 5) is 21.5. The molecule has 3 aromatic rings. The zero-order valence-electron chi connectivity index (χ0n) is 26.6. The zero-order valence-corrected chi connectivity index (χ0v) is 27.4. The van der Waals surface area contributed by atoms with E-state index in [0.29, 0.717) is 60.6 Å². The van der Waals surface area contributed by atoms with Crippen LogP contribution in [0.5, 0.6) is 0 Å². The fourth-order valence-electron chi connectivity index (χ4n) is 5.67. The Kier molecular flexibility index (Phi) is 9.77. The third-order valence-corrected chi connectivity index (χ3v) is 10.9. The summed E-state index contributed by atoms with van der Waals surface area (Å²) in [5.41, 5.74) is -3.86. The van der Waals surface area contributed by atoms with Gasteiger partial charge in [0, 0.05) is 39.8 Å². The molecule has 2 heterocycles. The van der Waals surface area contributed by atoms with Gasteiger partial charge in [-0.2, -0.15) is 26.3 Å². The van der Waals surface area contributed by atoms with Crippen molar-refractivity contribution < 1.29 is 43.9 Å². The van der Waals surface area contributed by atoms with E-state index in [2.05, 4.69) is 4.98 Å². The molecule has 0 atom stereocenters. The van der Waals surface area contributed by atoms with Crippen molar-refractivity contribution in [2.24, 2.45) is 0 Å². The fourth-order valence-corrected chi connectivity index (χ4v) is 7.07. The number of halogens is 7. The quantitative estimate of drug-likeness (QED) is 0.249. The number of alkyl halides is 6. The molecular formula is C32H35F7N4O3S. The van der Waals surface area contributed by atoms with Crippen LogP contribution in [0.1, 0.15) is 48.9 Å². The minimum atomic E-state index is -5.10. The zero-order chi connectivity index (χ0) is 35.3. The Hall–Kier alpha value is -3.72. The highest BCUT2D eigenvalue weighted by molar-refractivity contribution is 7.89. The van der Waals surface area contributed by atoms with Crippen molar-refractivity contribution in [3.05, 3.63) is 76.7 Å². The van der Waals surface area contributed by atoms with E-state index >= 15 is 0 Å². The maximum atomic E-state index is 14.1. The van der Waals surface area contributed by atoms with E-state index in [1.54, 1.807) is 13.0 Å². The topological polar surface area (TPSA) is 73.8 Å². The molecule has 47 heavy (non-hydrogen) atoms. The molecule has 1 fully saturated rings. The summed E-state index contributed by atoms with van der Waals surface area (Å²) in [5, 5.41) is -0.577. The molecule has 15 heteroatoms. The van der Waals surface area contributed by atoms with Gasteiger partial charge in [0.2, 0.25) is 15.9 Å². The van der Waals surface area contributed by atoms with E-state index in [9.17, 15) is 43.9 Å². The number of anilines is 2. The summed E-state index contributed by atoms with van der Waals surface area (Å²) in [5.74, 6) is -0.891. The first-order valence-corrected chi connectivity index (χ1v) is 16.1. The molecule has 2 aromatic carbocycles. The Morgan fingerprint density at radius 3 is 1.87 bits per heavy atom. The van der Waals surface area contributed by atoms with Crippen LogP contribution >= 0.6 is 0 Å². The number of piperidine rings is 1. The van der Waals surface area contributed by atoms with Crippen molar-refractivity contribution in [3.63, 3.8) is 0 Å². The smallest absolute Gasteiger partial charge is 0.357 e.